The third kappa shape index (κ3) is 3.85. The van der Waals surface area contributed by atoms with Crippen molar-refractivity contribution in [2.75, 3.05) is 38.1 Å². The van der Waals surface area contributed by atoms with Crippen LogP contribution in [0.25, 0.3) is 10.2 Å². The van der Waals surface area contributed by atoms with Gasteiger partial charge in [-0.25, -0.2) is 9.78 Å². The number of piperazine rings is 1. The highest BCUT2D eigenvalue weighted by Gasteiger charge is 2.21. The summed E-state index contributed by atoms with van der Waals surface area (Å²) in [5.41, 5.74) is 1.03. The average molecular weight is 449 g/mol. The number of pyridine rings is 1. The van der Waals surface area contributed by atoms with E-state index in [9.17, 15) is 14.4 Å². The molecular weight excluding hydrogens is 428 g/mol. The number of anilines is 1. The molecule has 2 N–H and O–H groups in total. The highest BCUT2D eigenvalue weighted by atomic mass is 35.5. The van der Waals surface area contributed by atoms with Crippen LogP contribution in [0.2, 0.25) is 5.15 Å². The van der Waals surface area contributed by atoms with Crippen molar-refractivity contribution in [1.82, 2.24) is 24.8 Å². The van der Waals surface area contributed by atoms with Gasteiger partial charge in [-0.05, 0) is 18.2 Å². The maximum Gasteiger partial charge on any atom is 0.328 e. The van der Waals surface area contributed by atoms with Gasteiger partial charge in [0, 0.05) is 51.7 Å². The molecule has 0 radical (unpaired) electrons. The second-order valence-corrected chi connectivity index (χ2v) is 8.59. The topological polar surface area (TPSA) is 103 Å². The van der Waals surface area contributed by atoms with E-state index >= 15 is 0 Å². The van der Waals surface area contributed by atoms with E-state index in [1.807, 2.05) is 12.1 Å². The van der Waals surface area contributed by atoms with E-state index in [2.05, 4.69) is 25.1 Å². The van der Waals surface area contributed by atoms with Gasteiger partial charge in [-0.1, -0.05) is 11.6 Å². The summed E-state index contributed by atoms with van der Waals surface area (Å²) in [6.07, 6.45) is 0. The normalized spacial score (nSPS) is 15.0. The van der Waals surface area contributed by atoms with Crippen LogP contribution in [-0.2, 0) is 13.6 Å². The van der Waals surface area contributed by atoms with Gasteiger partial charge in [-0.2, -0.15) is 0 Å². The summed E-state index contributed by atoms with van der Waals surface area (Å²) in [6, 6.07) is 5.38. The third-order valence-corrected chi connectivity index (χ3v) is 6.60. The standard InChI is InChI=1S/C19H21ClN6O3S/c1-21-17(27)12-3-4-14(16(20)22-12)26-7-5-25(6-8-26)10-11-9-13-15(30-11)18(28)24(2)19(29)23-13/h3-4,9H,5-8,10H2,1-2H3,(H,21,27)(H,23,29). The number of thiophene rings is 1. The summed E-state index contributed by atoms with van der Waals surface area (Å²) in [4.78, 5) is 48.2. The Morgan fingerprint density at radius 2 is 2.00 bits per heavy atom. The Morgan fingerprint density at radius 3 is 2.67 bits per heavy atom. The van der Waals surface area contributed by atoms with Crippen molar-refractivity contribution < 1.29 is 4.79 Å². The molecule has 0 bridgehead atoms. The Morgan fingerprint density at radius 1 is 1.27 bits per heavy atom. The predicted octanol–water partition coefficient (Wildman–Crippen LogP) is 1.02. The molecule has 1 fully saturated rings. The van der Waals surface area contributed by atoms with Crippen LogP contribution in [-0.4, -0.2) is 58.6 Å². The molecule has 0 unspecified atom stereocenters. The molecule has 0 atom stereocenters. The number of nitrogens with one attached hydrogen (secondary N) is 2. The molecule has 0 aliphatic carbocycles. The van der Waals surface area contributed by atoms with Crippen LogP contribution in [0.3, 0.4) is 0 Å². The molecule has 4 heterocycles. The molecule has 1 aliphatic rings. The number of rotatable bonds is 4. The van der Waals surface area contributed by atoms with Crippen molar-refractivity contribution in [1.29, 1.82) is 0 Å². The number of nitrogens with zero attached hydrogens (tertiary/aromatic N) is 4. The molecule has 0 spiro atoms. The summed E-state index contributed by atoms with van der Waals surface area (Å²) < 4.78 is 1.66. The molecule has 0 aromatic carbocycles. The Bertz CT molecular complexity index is 1230. The first-order valence-electron chi connectivity index (χ1n) is 9.45. The first-order chi connectivity index (χ1) is 14.4. The van der Waals surface area contributed by atoms with Gasteiger partial charge < -0.3 is 15.2 Å². The number of hydrogen-bond donors (Lipinski definition) is 2. The number of carbonyl (C=O) groups excluding carboxylic acids is 1. The SMILES string of the molecule is CNC(=O)c1ccc(N2CCN(Cc3cc4[nH]c(=O)n(C)c(=O)c4s3)CC2)c(Cl)n1. The number of H-pyrrole nitrogens is 1. The van der Waals surface area contributed by atoms with Crippen LogP contribution in [0.1, 0.15) is 15.4 Å². The Hall–Kier alpha value is -2.69. The number of hydrogen-bond acceptors (Lipinski definition) is 7. The van der Waals surface area contributed by atoms with Gasteiger partial charge in [0.2, 0.25) is 0 Å². The number of halogens is 1. The second-order valence-electron chi connectivity index (χ2n) is 7.10. The van der Waals surface area contributed by atoms with Crippen LogP contribution < -0.4 is 21.5 Å². The fraction of sp³-hybridized carbons (Fsp3) is 0.368. The lowest BCUT2D eigenvalue weighted by Crippen LogP contribution is -2.46. The monoisotopic (exact) mass is 448 g/mol. The third-order valence-electron chi connectivity index (χ3n) is 5.21. The van der Waals surface area contributed by atoms with Crippen molar-refractivity contribution in [3.05, 3.63) is 54.8 Å². The molecule has 0 saturated carbocycles. The Balaban J connectivity index is 1.43. The zero-order chi connectivity index (χ0) is 21.4. The van der Waals surface area contributed by atoms with Gasteiger partial charge in [0.25, 0.3) is 11.5 Å². The van der Waals surface area contributed by atoms with E-state index in [4.69, 9.17) is 11.6 Å². The minimum Gasteiger partial charge on any atom is -0.366 e. The fourth-order valence-corrected chi connectivity index (χ4v) is 4.90. The Labute approximate surface area is 180 Å². The van der Waals surface area contributed by atoms with Crippen molar-refractivity contribution >= 4 is 44.7 Å². The molecule has 158 valence electrons. The highest BCUT2D eigenvalue weighted by Crippen LogP contribution is 2.27. The van der Waals surface area contributed by atoms with E-state index < -0.39 is 5.69 Å². The lowest BCUT2D eigenvalue weighted by atomic mass is 10.2. The lowest BCUT2D eigenvalue weighted by molar-refractivity contribution is 0.0958. The van der Waals surface area contributed by atoms with E-state index in [0.717, 1.165) is 41.3 Å². The molecule has 3 aromatic rings. The maximum absolute atomic E-state index is 12.3. The molecule has 1 saturated heterocycles. The van der Waals surface area contributed by atoms with Crippen LogP contribution in [0.4, 0.5) is 5.69 Å². The maximum atomic E-state index is 12.3. The summed E-state index contributed by atoms with van der Waals surface area (Å²) in [6.45, 7) is 3.88. The average Bonchev–Trinajstić information content (AvgIpc) is 3.14. The molecule has 1 aliphatic heterocycles. The first kappa shape index (κ1) is 20.6. The smallest absolute Gasteiger partial charge is 0.328 e. The lowest BCUT2D eigenvalue weighted by Gasteiger charge is -2.36. The van der Waals surface area contributed by atoms with E-state index in [0.29, 0.717) is 27.6 Å². The van der Waals surface area contributed by atoms with E-state index in [1.165, 1.54) is 18.4 Å². The Kier molecular flexibility index (Phi) is 5.63. The molecule has 9 nitrogen and oxygen atoms in total. The predicted molar refractivity (Wildman–Crippen MR) is 118 cm³/mol. The van der Waals surface area contributed by atoms with Gasteiger partial charge in [-0.3, -0.25) is 19.1 Å². The van der Waals surface area contributed by atoms with Crippen molar-refractivity contribution in [2.24, 2.45) is 7.05 Å². The molecule has 11 heteroatoms. The number of amides is 1. The van der Waals surface area contributed by atoms with Crippen molar-refractivity contribution in [2.45, 2.75) is 6.54 Å². The summed E-state index contributed by atoms with van der Waals surface area (Å²) in [5, 5.41) is 2.85. The van der Waals surface area contributed by atoms with Crippen LogP contribution >= 0.6 is 22.9 Å². The quantitative estimate of drug-likeness (QED) is 0.577. The van der Waals surface area contributed by atoms with Gasteiger partial charge in [0.05, 0.1) is 11.2 Å². The van der Waals surface area contributed by atoms with Gasteiger partial charge >= 0.3 is 5.69 Å². The molecule has 1 amide bonds. The molecule has 30 heavy (non-hydrogen) atoms. The van der Waals surface area contributed by atoms with Crippen LogP contribution in [0.5, 0.6) is 0 Å². The summed E-state index contributed by atoms with van der Waals surface area (Å²) in [5.74, 6) is -0.271. The second kappa shape index (κ2) is 8.21. The molecular formula is C19H21ClN6O3S. The number of aromatic amines is 1. The van der Waals surface area contributed by atoms with E-state index in [-0.39, 0.29) is 11.5 Å². The fourth-order valence-electron chi connectivity index (χ4n) is 3.50. The van der Waals surface area contributed by atoms with Crippen LogP contribution in [0, 0.1) is 0 Å². The van der Waals surface area contributed by atoms with Crippen LogP contribution in [0.15, 0.2) is 27.8 Å². The number of carbonyl (C=O) groups is 1. The van der Waals surface area contributed by atoms with Crippen molar-refractivity contribution in [3.8, 4) is 0 Å². The minimum absolute atomic E-state index is 0.267. The number of aromatic nitrogens is 3. The highest BCUT2D eigenvalue weighted by molar-refractivity contribution is 7.18. The van der Waals surface area contributed by atoms with Gasteiger partial charge in [0.1, 0.15) is 10.4 Å². The van der Waals surface area contributed by atoms with Gasteiger partial charge in [0.15, 0.2) is 5.15 Å². The number of fused-ring (bicyclic) bond motifs is 1. The largest absolute Gasteiger partial charge is 0.366 e. The zero-order valence-corrected chi connectivity index (χ0v) is 18.1. The van der Waals surface area contributed by atoms with E-state index in [1.54, 1.807) is 13.1 Å². The minimum atomic E-state index is -0.404. The first-order valence-corrected chi connectivity index (χ1v) is 10.6. The van der Waals surface area contributed by atoms with Gasteiger partial charge in [-0.15, -0.1) is 11.3 Å². The summed E-state index contributed by atoms with van der Waals surface area (Å²) >= 11 is 7.73. The zero-order valence-electron chi connectivity index (χ0n) is 16.6. The van der Waals surface area contributed by atoms with Crippen molar-refractivity contribution in [3.63, 3.8) is 0 Å². The molecule has 3 aromatic heterocycles. The molecule has 4 rings (SSSR count). The summed E-state index contributed by atoms with van der Waals surface area (Å²) in [7, 11) is 3.03.